The summed E-state index contributed by atoms with van der Waals surface area (Å²) in [7, 11) is 2.05. The summed E-state index contributed by atoms with van der Waals surface area (Å²) >= 11 is 1.72. The molecule has 3 aromatic rings. The van der Waals surface area contributed by atoms with Gasteiger partial charge in [0.15, 0.2) is 0 Å². The van der Waals surface area contributed by atoms with Crippen LogP contribution < -0.4 is 4.90 Å². The maximum absolute atomic E-state index is 10.6. The molecule has 0 saturated carbocycles. The summed E-state index contributed by atoms with van der Waals surface area (Å²) in [6.45, 7) is 2.83. The fourth-order valence-corrected chi connectivity index (χ4v) is 3.71. The molecule has 0 fully saturated rings. The minimum atomic E-state index is -0.943. The number of aromatic nitrogens is 1. The molecule has 1 aromatic heterocycles. The molecule has 0 aliphatic heterocycles. The second-order valence-corrected chi connectivity index (χ2v) is 7.10. The number of aryl methyl sites for hydroxylation is 1. The molecule has 0 aliphatic carbocycles. The van der Waals surface area contributed by atoms with E-state index >= 15 is 0 Å². The summed E-state index contributed by atoms with van der Waals surface area (Å²) in [6.07, 6.45) is 2.73. The third kappa shape index (κ3) is 4.37. The van der Waals surface area contributed by atoms with E-state index < -0.39 is 5.97 Å². The van der Waals surface area contributed by atoms with Gasteiger partial charge in [0.05, 0.1) is 12.2 Å². The number of rotatable bonds is 6. The fraction of sp³-hybridized carbons (Fsp3) is 0.143. The molecule has 3 rings (SSSR count). The number of carboxylic acids is 1. The Bertz CT molecular complexity index is 915. The summed E-state index contributed by atoms with van der Waals surface area (Å²) in [5, 5.41) is 9.73. The summed E-state index contributed by atoms with van der Waals surface area (Å²) in [5.41, 5.74) is 4.14. The van der Waals surface area contributed by atoms with Crippen LogP contribution in [-0.4, -0.2) is 23.1 Å². The number of carbonyl (C=O) groups is 1. The maximum Gasteiger partial charge on any atom is 0.328 e. The quantitative estimate of drug-likeness (QED) is 0.635. The summed E-state index contributed by atoms with van der Waals surface area (Å²) < 4.78 is 0. The van der Waals surface area contributed by atoms with Gasteiger partial charge in [-0.05, 0) is 30.7 Å². The van der Waals surface area contributed by atoms with Crippen LogP contribution in [0.4, 0.5) is 5.69 Å². The molecule has 0 radical (unpaired) electrons. The smallest absolute Gasteiger partial charge is 0.328 e. The molecular weight excluding hydrogens is 344 g/mol. The molecular formula is C21H20N2O2S. The third-order valence-corrected chi connectivity index (χ3v) is 5.24. The highest BCUT2D eigenvalue weighted by Gasteiger charge is 2.11. The van der Waals surface area contributed by atoms with E-state index in [1.165, 1.54) is 4.88 Å². The fourth-order valence-electron chi connectivity index (χ4n) is 2.59. The molecule has 0 saturated heterocycles. The van der Waals surface area contributed by atoms with Crippen molar-refractivity contribution in [2.24, 2.45) is 0 Å². The Morgan fingerprint density at radius 1 is 1.15 bits per heavy atom. The molecule has 0 spiro atoms. The minimum Gasteiger partial charge on any atom is -0.478 e. The van der Waals surface area contributed by atoms with Crippen molar-refractivity contribution in [2.75, 3.05) is 11.9 Å². The third-order valence-electron chi connectivity index (χ3n) is 4.05. The number of carboxylic acid groups (broad SMARTS) is 1. The summed E-state index contributed by atoms with van der Waals surface area (Å²) in [4.78, 5) is 18.7. The zero-order valence-electron chi connectivity index (χ0n) is 14.7. The van der Waals surface area contributed by atoms with Crippen molar-refractivity contribution in [3.05, 3.63) is 76.8 Å². The Balaban J connectivity index is 1.73. The van der Waals surface area contributed by atoms with Gasteiger partial charge in [-0.15, -0.1) is 11.3 Å². The van der Waals surface area contributed by atoms with Crippen LogP contribution in [0.5, 0.6) is 0 Å². The van der Waals surface area contributed by atoms with Gasteiger partial charge in [-0.2, -0.15) is 0 Å². The molecule has 0 unspecified atom stereocenters. The molecule has 0 atom stereocenters. The number of benzene rings is 2. The number of anilines is 1. The van der Waals surface area contributed by atoms with Gasteiger partial charge in [0.25, 0.3) is 0 Å². The van der Waals surface area contributed by atoms with Gasteiger partial charge in [-0.25, -0.2) is 9.78 Å². The number of hydrogen-bond acceptors (Lipinski definition) is 4. The van der Waals surface area contributed by atoms with E-state index in [4.69, 9.17) is 10.1 Å². The number of hydrogen-bond donors (Lipinski definition) is 1. The van der Waals surface area contributed by atoms with Crippen molar-refractivity contribution in [3.8, 4) is 10.6 Å². The highest BCUT2D eigenvalue weighted by atomic mass is 32.1. The standard InChI is InChI=1S/C21H20N2O2S/c1-15-19(26-21(22-15)17-6-4-3-5-7-17)14-23(2)18-11-8-16(9-12-18)10-13-20(24)25/h3-13H,14H2,1-2H3,(H,24,25)/b13-10+. The largest absolute Gasteiger partial charge is 0.478 e. The minimum absolute atomic E-state index is 0.778. The van der Waals surface area contributed by atoms with Crippen LogP contribution in [0, 0.1) is 6.92 Å². The van der Waals surface area contributed by atoms with Gasteiger partial charge in [-0.1, -0.05) is 42.5 Å². The predicted octanol–water partition coefficient (Wildman–Crippen LogP) is 4.85. The average Bonchev–Trinajstić information content (AvgIpc) is 3.01. The Labute approximate surface area is 157 Å². The monoisotopic (exact) mass is 364 g/mol. The SMILES string of the molecule is Cc1nc(-c2ccccc2)sc1CN(C)c1ccc(/C=C/C(=O)O)cc1. The van der Waals surface area contributed by atoms with Crippen molar-refractivity contribution in [3.63, 3.8) is 0 Å². The normalized spacial score (nSPS) is 11.0. The van der Waals surface area contributed by atoms with Gasteiger partial charge in [0, 0.05) is 29.3 Å². The van der Waals surface area contributed by atoms with Gasteiger partial charge in [-0.3, -0.25) is 0 Å². The lowest BCUT2D eigenvalue weighted by Gasteiger charge is -2.18. The van der Waals surface area contributed by atoms with Crippen molar-refractivity contribution in [1.29, 1.82) is 0 Å². The molecule has 2 aromatic carbocycles. The second-order valence-electron chi connectivity index (χ2n) is 6.01. The lowest BCUT2D eigenvalue weighted by Crippen LogP contribution is -2.16. The highest BCUT2D eigenvalue weighted by Crippen LogP contribution is 2.29. The Morgan fingerprint density at radius 3 is 2.50 bits per heavy atom. The second kappa shape index (κ2) is 7.97. The number of nitrogens with zero attached hydrogens (tertiary/aromatic N) is 2. The lowest BCUT2D eigenvalue weighted by molar-refractivity contribution is -0.131. The maximum atomic E-state index is 10.6. The topological polar surface area (TPSA) is 53.4 Å². The van der Waals surface area contributed by atoms with Crippen LogP contribution in [0.2, 0.25) is 0 Å². The first kappa shape index (κ1) is 17.9. The highest BCUT2D eigenvalue weighted by molar-refractivity contribution is 7.15. The molecule has 0 amide bonds. The van der Waals surface area contributed by atoms with Crippen molar-refractivity contribution < 1.29 is 9.90 Å². The van der Waals surface area contributed by atoms with Crippen LogP contribution in [0.1, 0.15) is 16.1 Å². The molecule has 4 nitrogen and oxygen atoms in total. The van der Waals surface area contributed by atoms with Crippen LogP contribution in [0.3, 0.4) is 0 Å². The Morgan fingerprint density at radius 2 is 1.85 bits per heavy atom. The Hall–Kier alpha value is -2.92. The average molecular weight is 364 g/mol. The van der Waals surface area contributed by atoms with E-state index in [1.54, 1.807) is 17.4 Å². The predicted molar refractivity (Wildman–Crippen MR) is 108 cm³/mol. The first-order chi connectivity index (χ1) is 12.5. The molecule has 0 bridgehead atoms. The number of aliphatic carboxylic acids is 1. The van der Waals surface area contributed by atoms with Crippen LogP contribution in [0.25, 0.3) is 16.6 Å². The number of thiazole rings is 1. The summed E-state index contributed by atoms with van der Waals surface area (Å²) in [5.74, 6) is -0.943. The van der Waals surface area contributed by atoms with Gasteiger partial charge < -0.3 is 10.0 Å². The van der Waals surface area contributed by atoms with E-state index in [9.17, 15) is 4.79 Å². The molecule has 1 heterocycles. The van der Waals surface area contributed by atoms with Crippen molar-refractivity contribution >= 4 is 29.1 Å². The molecule has 132 valence electrons. The van der Waals surface area contributed by atoms with E-state index in [0.717, 1.165) is 40.1 Å². The van der Waals surface area contributed by atoms with Crippen LogP contribution >= 0.6 is 11.3 Å². The van der Waals surface area contributed by atoms with Crippen molar-refractivity contribution in [1.82, 2.24) is 4.98 Å². The first-order valence-corrected chi connectivity index (χ1v) is 9.08. The van der Waals surface area contributed by atoms with E-state index in [-0.39, 0.29) is 0 Å². The first-order valence-electron chi connectivity index (χ1n) is 8.27. The van der Waals surface area contributed by atoms with Crippen LogP contribution in [0.15, 0.2) is 60.7 Å². The van der Waals surface area contributed by atoms with E-state index in [1.807, 2.05) is 56.4 Å². The summed E-state index contributed by atoms with van der Waals surface area (Å²) in [6, 6.07) is 18.0. The van der Waals surface area contributed by atoms with Gasteiger partial charge in [0.2, 0.25) is 0 Å². The molecule has 5 heteroatoms. The van der Waals surface area contributed by atoms with Crippen LogP contribution in [-0.2, 0) is 11.3 Å². The molecule has 26 heavy (non-hydrogen) atoms. The van der Waals surface area contributed by atoms with Gasteiger partial charge in [0.1, 0.15) is 5.01 Å². The van der Waals surface area contributed by atoms with Gasteiger partial charge >= 0.3 is 5.97 Å². The molecule has 1 N–H and O–H groups in total. The zero-order chi connectivity index (χ0) is 18.5. The zero-order valence-corrected chi connectivity index (χ0v) is 15.5. The Kier molecular flexibility index (Phi) is 5.49. The van der Waals surface area contributed by atoms with E-state index in [2.05, 4.69) is 17.0 Å². The molecule has 0 aliphatic rings. The van der Waals surface area contributed by atoms with Crippen molar-refractivity contribution in [2.45, 2.75) is 13.5 Å². The lowest BCUT2D eigenvalue weighted by atomic mass is 10.2. The van der Waals surface area contributed by atoms with E-state index in [0.29, 0.717) is 0 Å².